The van der Waals surface area contributed by atoms with Gasteiger partial charge in [-0.05, 0) is 13.0 Å². The summed E-state index contributed by atoms with van der Waals surface area (Å²) in [5.74, 6) is 0. The van der Waals surface area contributed by atoms with Gasteiger partial charge in [0.05, 0.1) is 11.6 Å². The molecule has 0 spiro atoms. The fraction of sp³-hybridized carbons (Fsp3) is 0.300. The van der Waals surface area contributed by atoms with Crippen LogP contribution in [0.4, 0.5) is 0 Å². The van der Waals surface area contributed by atoms with Gasteiger partial charge in [-0.15, -0.1) is 0 Å². The Morgan fingerprint density at radius 1 is 1.45 bits per heavy atom. The van der Waals surface area contributed by atoms with Crippen LogP contribution in [0.15, 0.2) is 36.5 Å². The largest absolute Gasteiger partial charge is 0.192 e. The van der Waals surface area contributed by atoms with Crippen LogP contribution in [0.2, 0.25) is 0 Å². The van der Waals surface area contributed by atoms with E-state index in [-0.39, 0.29) is 0 Å². The molecule has 0 atom stereocenters. The standard InChI is InChI=1S/C8H9N.C2H6/c1-3-5-6-8(4-2)7-9;1-2/h3-6H,2H2,1H3;1-2H3/b5-3-,8-6+;. The molecule has 0 aliphatic rings. The van der Waals surface area contributed by atoms with E-state index in [0.717, 1.165) is 0 Å². The Kier molecular flexibility index (Phi) is 13.0. The number of nitrogens with zero attached hydrogens (tertiary/aromatic N) is 1. The molecule has 0 aliphatic carbocycles. The van der Waals surface area contributed by atoms with Crippen molar-refractivity contribution in [1.29, 1.82) is 5.26 Å². The second-order valence-corrected chi connectivity index (χ2v) is 1.46. The van der Waals surface area contributed by atoms with Gasteiger partial charge in [0.15, 0.2) is 0 Å². The predicted octanol–water partition coefficient (Wildman–Crippen LogP) is 3.22. The Balaban J connectivity index is 0. The van der Waals surface area contributed by atoms with Crippen molar-refractivity contribution in [2.24, 2.45) is 0 Å². The van der Waals surface area contributed by atoms with Crippen LogP contribution in [0.1, 0.15) is 20.8 Å². The van der Waals surface area contributed by atoms with Crippen molar-refractivity contribution >= 4 is 0 Å². The van der Waals surface area contributed by atoms with Crippen molar-refractivity contribution in [1.82, 2.24) is 0 Å². The lowest BCUT2D eigenvalue weighted by molar-refractivity contribution is 1.50. The molecule has 0 saturated heterocycles. The highest BCUT2D eigenvalue weighted by Crippen LogP contribution is 1.91. The third-order valence-corrected chi connectivity index (χ3v) is 0.817. The molecule has 0 fully saturated rings. The third-order valence-electron chi connectivity index (χ3n) is 0.817. The Labute approximate surface area is 69.4 Å². The summed E-state index contributed by atoms with van der Waals surface area (Å²) in [5.41, 5.74) is 0.591. The second kappa shape index (κ2) is 11.5. The van der Waals surface area contributed by atoms with E-state index in [1.165, 1.54) is 6.08 Å². The molecule has 0 aromatic heterocycles. The van der Waals surface area contributed by atoms with E-state index in [0.29, 0.717) is 5.57 Å². The number of hydrogen-bond donors (Lipinski definition) is 0. The normalized spacial score (nSPS) is 9.82. The molecule has 1 heteroatoms. The Bertz CT molecular complexity index is 180. The Morgan fingerprint density at radius 2 is 2.00 bits per heavy atom. The van der Waals surface area contributed by atoms with E-state index in [9.17, 15) is 0 Å². The van der Waals surface area contributed by atoms with Crippen molar-refractivity contribution in [2.45, 2.75) is 20.8 Å². The van der Waals surface area contributed by atoms with Crippen LogP contribution >= 0.6 is 0 Å². The van der Waals surface area contributed by atoms with Gasteiger partial charge in [0.2, 0.25) is 0 Å². The minimum absolute atomic E-state index is 0.591. The molecule has 0 amide bonds. The predicted molar refractivity (Wildman–Crippen MR) is 50.1 cm³/mol. The highest BCUT2D eigenvalue weighted by atomic mass is 14.2. The maximum absolute atomic E-state index is 8.33. The third kappa shape index (κ3) is 8.71. The molecule has 0 heterocycles. The summed E-state index contributed by atoms with van der Waals surface area (Å²) in [4.78, 5) is 0. The molecule has 0 radical (unpaired) electrons. The van der Waals surface area contributed by atoms with Crippen molar-refractivity contribution in [2.75, 3.05) is 0 Å². The van der Waals surface area contributed by atoms with Crippen LogP contribution in [0.5, 0.6) is 0 Å². The molecule has 0 saturated carbocycles. The quantitative estimate of drug-likeness (QED) is 0.437. The lowest BCUT2D eigenvalue weighted by Crippen LogP contribution is -1.65. The molecular formula is C10H15N. The van der Waals surface area contributed by atoms with Gasteiger partial charge in [0.25, 0.3) is 0 Å². The molecule has 60 valence electrons. The van der Waals surface area contributed by atoms with Crippen LogP contribution in [-0.2, 0) is 0 Å². The zero-order chi connectivity index (χ0) is 9.11. The van der Waals surface area contributed by atoms with Gasteiger partial charge >= 0.3 is 0 Å². The van der Waals surface area contributed by atoms with E-state index in [4.69, 9.17) is 5.26 Å². The first-order valence-electron chi connectivity index (χ1n) is 3.70. The maximum Gasteiger partial charge on any atom is 0.0991 e. The van der Waals surface area contributed by atoms with Crippen molar-refractivity contribution in [3.63, 3.8) is 0 Å². The fourth-order valence-electron chi connectivity index (χ4n) is 0.351. The van der Waals surface area contributed by atoms with Gasteiger partial charge in [-0.25, -0.2) is 0 Å². The molecule has 0 rings (SSSR count). The number of hydrogen-bond acceptors (Lipinski definition) is 1. The monoisotopic (exact) mass is 149 g/mol. The number of nitriles is 1. The molecule has 1 nitrogen and oxygen atoms in total. The summed E-state index contributed by atoms with van der Waals surface area (Å²) in [7, 11) is 0. The molecule has 0 aliphatic heterocycles. The summed E-state index contributed by atoms with van der Waals surface area (Å²) in [5, 5.41) is 8.33. The van der Waals surface area contributed by atoms with Crippen LogP contribution < -0.4 is 0 Å². The molecule has 0 aromatic rings. The van der Waals surface area contributed by atoms with Crippen molar-refractivity contribution in [3.8, 4) is 6.07 Å². The molecule has 0 N–H and O–H groups in total. The van der Waals surface area contributed by atoms with Gasteiger partial charge in [0, 0.05) is 0 Å². The topological polar surface area (TPSA) is 23.8 Å². The molecule has 11 heavy (non-hydrogen) atoms. The lowest BCUT2D eigenvalue weighted by atomic mass is 10.2. The van der Waals surface area contributed by atoms with Crippen molar-refractivity contribution < 1.29 is 0 Å². The highest BCUT2D eigenvalue weighted by Gasteiger charge is 1.79. The molecular weight excluding hydrogens is 134 g/mol. The average molecular weight is 149 g/mol. The second-order valence-electron chi connectivity index (χ2n) is 1.46. The summed E-state index contributed by atoms with van der Waals surface area (Å²) < 4.78 is 0. The van der Waals surface area contributed by atoms with Gasteiger partial charge in [-0.3, -0.25) is 0 Å². The summed E-state index contributed by atoms with van der Waals surface area (Å²) >= 11 is 0. The summed E-state index contributed by atoms with van der Waals surface area (Å²) in [6, 6.07) is 1.98. The zero-order valence-electron chi connectivity index (χ0n) is 7.46. The minimum Gasteiger partial charge on any atom is -0.192 e. The van der Waals surface area contributed by atoms with Crippen molar-refractivity contribution in [3.05, 3.63) is 36.5 Å². The summed E-state index contributed by atoms with van der Waals surface area (Å²) in [6.45, 7) is 9.36. The van der Waals surface area contributed by atoms with E-state index in [1.54, 1.807) is 12.2 Å². The Morgan fingerprint density at radius 3 is 2.27 bits per heavy atom. The first-order valence-corrected chi connectivity index (χ1v) is 3.70. The number of rotatable bonds is 2. The van der Waals surface area contributed by atoms with Gasteiger partial charge in [0.1, 0.15) is 0 Å². The first-order chi connectivity index (χ1) is 5.35. The molecule has 0 aromatic carbocycles. The SMILES string of the molecule is C=C/C(C#N)=C\C=C/C.CC. The minimum atomic E-state index is 0.591. The highest BCUT2D eigenvalue weighted by molar-refractivity contribution is 5.34. The lowest BCUT2D eigenvalue weighted by Gasteiger charge is -1.78. The van der Waals surface area contributed by atoms with Crippen LogP contribution in [0.25, 0.3) is 0 Å². The van der Waals surface area contributed by atoms with E-state index in [1.807, 2.05) is 32.9 Å². The van der Waals surface area contributed by atoms with Gasteiger partial charge < -0.3 is 0 Å². The summed E-state index contributed by atoms with van der Waals surface area (Å²) in [6.07, 6.45) is 6.91. The van der Waals surface area contributed by atoms with Gasteiger partial charge in [-0.1, -0.05) is 38.7 Å². The smallest absolute Gasteiger partial charge is 0.0991 e. The molecule has 0 unspecified atom stereocenters. The van der Waals surface area contributed by atoms with E-state index in [2.05, 4.69) is 6.58 Å². The van der Waals surface area contributed by atoms with Crippen LogP contribution in [0.3, 0.4) is 0 Å². The van der Waals surface area contributed by atoms with E-state index < -0.39 is 0 Å². The van der Waals surface area contributed by atoms with Crippen LogP contribution in [-0.4, -0.2) is 0 Å². The first kappa shape index (κ1) is 12.4. The average Bonchev–Trinajstić information content (AvgIpc) is 2.10. The Hall–Kier alpha value is -1.29. The van der Waals surface area contributed by atoms with Gasteiger partial charge in [-0.2, -0.15) is 5.26 Å². The zero-order valence-corrected chi connectivity index (χ0v) is 7.46. The molecule has 0 bridgehead atoms. The fourth-order valence-corrected chi connectivity index (χ4v) is 0.351. The van der Waals surface area contributed by atoms with Crippen LogP contribution in [0, 0.1) is 11.3 Å². The van der Waals surface area contributed by atoms with E-state index >= 15 is 0 Å². The maximum atomic E-state index is 8.33. The number of allylic oxidation sites excluding steroid dienone is 5.